The topological polar surface area (TPSA) is 66.6 Å². The number of carbonyl (C=O) groups excluding carboxylic acids is 1. The summed E-state index contributed by atoms with van der Waals surface area (Å²) in [4.78, 5) is 13.1. The lowest BCUT2D eigenvalue weighted by atomic mass is 10.0. The number of benzene rings is 1. The Bertz CT molecular complexity index is 477. The number of nitrogens with zero attached hydrogens (tertiary/aromatic N) is 1. The molecule has 2 rings (SSSR count). The average molecular weight is 266 g/mol. The first kappa shape index (κ1) is 14.0. The molecule has 5 heteroatoms. The van der Waals surface area contributed by atoms with Crippen LogP contribution < -0.4 is 5.73 Å². The number of aliphatic hydroxyl groups is 1. The Kier molecular flexibility index (Phi) is 4.17. The highest BCUT2D eigenvalue weighted by Crippen LogP contribution is 2.22. The van der Waals surface area contributed by atoms with Crippen LogP contribution in [0.5, 0.6) is 0 Å². The summed E-state index contributed by atoms with van der Waals surface area (Å²) in [5, 5.41) is 9.54. The van der Waals surface area contributed by atoms with Crippen molar-refractivity contribution in [2.75, 3.05) is 13.1 Å². The Hall–Kier alpha value is -1.46. The summed E-state index contributed by atoms with van der Waals surface area (Å²) >= 11 is 0. The molecule has 0 bridgehead atoms. The van der Waals surface area contributed by atoms with E-state index >= 15 is 0 Å². The molecule has 104 valence electrons. The summed E-state index contributed by atoms with van der Waals surface area (Å²) in [7, 11) is 0. The third kappa shape index (κ3) is 3.30. The zero-order valence-electron chi connectivity index (χ0n) is 11.0. The molecule has 2 atom stereocenters. The predicted octanol–water partition coefficient (Wildman–Crippen LogP) is 1.13. The van der Waals surface area contributed by atoms with E-state index in [9.17, 15) is 14.3 Å². The standard InChI is InChI=1S/C14H19FN2O2/c1-9(18)11-4-5-17(7-11)8-12-3-2-10(14(16)19)6-13(12)15/h2-3,6,9,11,18H,4-5,7-8H2,1H3,(H2,16,19). The van der Waals surface area contributed by atoms with Gasteiger partial charge in [-0.3, -0.25) is 9.69 Å². The van der Waals surface area contributed by atoms with Crippen molar-refractivity contribution in [1.82, 2.24) is 4.90 Å². The molecule has 1 fully saturated rings. The lowest BCUT2D eigenvalue weighted by molar-refractivity contribution is 0.0999. The van der Waals surface area contributed by atoms with Gasteiger partial charge in [0, 0.05) is 24.2 Å². The van der Waals surface area contributed by atoms with E-state index in [2.05, 4.69) is 4.90 Å². The Balaban J connectivity index is 2.02. The Morgan fingerprint density at radius 3 is 2.89 bits per heavy atom. The first-order valence-corrected chi connectivity index (χ1v) is 6.46. The summed E-state index contributed by atoms with van der Waals surface area (Å²) in [5.41, 5.74) is 5.84. The van der Waals surface area contributed by atoms with E-state index in [0.717, 1.165) is 19.5 Å². The zero-order valence-corrected chi connectivity index (χ0v) is 11.0. The van der Waals surface area contributed by atoms with Crippen LogP contribution in [0.4, 0.5) is 4.39 Å². The van der Waals surface area contributed by atoms with E-state index in [1.807, 2.05) is 0 Å². The lowest BCUT2D eigenvalue weighted by Gasteiger charge is -2.17. The smallest absolute Gasteiger partial charge is 0.248 e. The van der Waals surface area contributed by atoms with Crippen LogP contribution in [0.2, 0.25) is 0 Å². The van der Waals surface area contributed by atoms with Crippen molar-refractivity contribution < 1.29 is 14.3 Å². The van der Waals surface area contributed by atoms with Crippen molar-refractivity contribution in [1.29, 1.82) is 0 Å². The van der Waals surface area contributed by atoms with Crippen molar-refractivity contribution in [3.05, 3.63) is 35.1 Å². The highest BCUT2D eigenvalue weighted by molar-refractivity contribution is 5.92. The van der Waals surface area contributed by atoms with Crippen molar-refractivity contribution >= 4 is 5.91 Å². The Morgan fingerprint density at radius 1 is 1.63 bits per heavy atom. The number of hydrogen-bond donors (Lipinski definition) is 2. The summed E-state index contributed by atoms with van der Waals surface area (Å²) in [6.07, 6.45) is 0.602. The fourth-order valence-electron chi connectivity index (χ4n) is 2.47. The van der Waals surface area contributed by atoms with Gasteiger partial charge in [0.25, 0.3) is 0 Å². The third-order valence-corrected chi connectivity index (χ3v) is 3.72. The third-order valence-electron chi connectivity index (χ3n) is 3.72. The summed E-state index contributed by atoms with van der Waals surface area (Å²) in [5.74, 6) is -0.773. The van der Waals surface area contributed by atoms with Crippen LogP contribution in [0.15, 0.2) is 18.2 Å². The molecule has 1 aliphatic heterocycles. The molecular formula is C14H19FN2O2. The van der Waals surface area contributed by atoms with Gasteiger partial charge >= 0.3 is 0 Å². The van der Waals surface area contributed by atoms with Crippen molar-refractivity contribution in [2.45, 2.75) is 26.0 Å². The second-order valence-corrected chi connectivity index (χ2v) is 5.19. The highest BCUT2D eigenvalue weighted by Gasteiger charge is 2.26. The molecule has 0 saturated carbocycles. The number of carbonyl (C=O) groups is 1. The fraction of sp³-hybridized carbons (Fsp3) is 0.500. The SMILES string of the molecule is CC(O)C1CCN(Cc2ccc(C(N)=O)cc2F)C1. The summed E-state index contributed by atoms with van der Waals surface area (Å²) < 4.78 is 13.8. The van der Waals surface area contributed by atoms with E-state index in [4.69, 9.17) is 5.73 Å². The molecular weight excluding hydrogens is 247 g/mol. The van der Waals surface area contributed by atoms with Gasteiger partial charge in [-0.05, 0) is 37.9 Å². The van der Waals surface area contributed by atoms with Crippen LogP contribution in [0.3, 0.4) is 0 Å². The van der Waals surface area contributed by atoms with Crippen molar-refractivity contribution in [3.8, 4) is 0 Å². The quantitative estimate of drug-likeness (QED) is 0.858. The van der Waals surface area contributed by atoms with Gasteiger partial charge in [-0.25, -0.2) is 4.39 Å². The Morgan fingerprint density at radius 2 is 2.37 bits per heavy atom. The molecule has 1 amide bonds. The number of aliphatic hydroxyl groups excluding tert-OH is 1. The maximum atomic E-state index is 13.8. The first-order valence-electron chi connectivity index (χ1n) is 6.46. The second-order valence-electron chi connectivity index (χ2n) is 5.19. The molecule has 1 aliphatic rings. The average Bonchev–Trinajstić information content (AvgIpc) is 2.80. The summed E-state index contributed by atoms with van der Waals surface area (Å²) in [6, 6.07) is 4.33. The first-order chi connectivity index (χ1) is 8.97. The number of nitrogens with two attached hydrogens (primary N) is 1. The van der Waals surface area contributed by atoms with Crippen LogP contribution in [-0.4, -0.2) is 35.1 Å². The minimum absolute atomic E-state index is 0.185. The molecule has 1 aromatic rings. The van der Waals surface area contributed by atoms with E-state index in [1.54, 1.807) is 19.1 Å². The molecule has 0 aromatic heterocycles. The minimum Gasteiger partial charge on any atom is -0.393 e. The van der Waals surface area contributed by atoms with Crippen molar-refractivity contribution in [2.24, 2.45) is 11.7 Å². The zero-order chi connectivity index (χ0) is 14.0. The van der Waals surface area contributed by atoms with Gasteiger partial charge < -0.3 is 10.8 Å². The van der Waals surface area contributed by atoms with E-state index in [-0.39, 0.29) is 17.6 Å². The number of hydrogen-bond acceptors (Lipinski definition) is 3. The monoisotopic (exact) mass is 266 g/mol. The largest absolute Gasteiger partial charge is 0.393 e. The van der Waals surface area contributed by atoms with E-state index in [1.165, 1.54) is 6.07 Å². The van der Waals surface area contributed by atoms with Crippen LogP contribution in [-0.2, 0) is 6.54 Å². The van der Waals surface area contributed by atoms with Gasteiger partial charge in [-0.1, -0.05) is 6.07 Å². The van der Waals surface area contributed by atoms with E-state index < -0.39 is 11.7 Å². The van der Waals surface area contributed by atoms with Gasteiger partial charge in [0.05, 0.1) is 6.10 Å². The molecule has 1 aromatic carbocycles. The maximum Gasteiger partial charge on any atom is 0.248 e. The number of rotatable bonds is 4. The van der Waals surface area contributed by atoms with Gasteiger partial charge in [0.2, 0.25) is 5.91 Å². The molecule has 0 radical (unpaired) electrons. The fourth-order valence-corrected chi connectivity index (χ4v) is 2.47. The molecule has 2 unspecified atom stereocenters. The van der Waals surface area contributed by atoms with Crippen LogP contribution in [0.25, 0.3) is 0 Å². The molecule has 0 aliphatic carbocycles. The van der Waals surface area contributed by atoms with Gasteiger partial charge in [0.1, 0.15) is 5.82 Å². The molecule has 19 heavy (non-hydrogen) atoms. The number of primary amides is 1. The molecule has 1 saturated heterocycles. The van der Waals surface area contributed by atoms with Crippen molar-refractivity contribution in [3.63, 3.8) is 0 Å². The van der Waals surface area contributed by atoms with Crippen LogP contribution in [0, 0.1) is 11.7 Å². The number of halogens is 1. The van der Waals surface area contributed by atoms with E-state index in [0.29, 0.717) is 12.1 Å². The molecule has 3 N–H and O–H groups in total. The normalized spacial score (nSPS) is 21.5. The molecule has 4 nitrogen and oxygen atoms in total. The van der Waals surface area contributed by atoms with Crippen LogP contribution >= 0.6 is 0 Å². The maximum absolute atomic E-state index is 13.8. The lowest BCUT2D eigenvalue weighted by Crippen LogP contribution is -2.24. The second kappa shape index (κ2) is 5.67. The minimum atomic E-state index is -0.624. The molecule has 1 heterocycles. The van der Waals surface area contributed by atoms with Gasteiger partial charge in [0.15, 0.2) is 0 Å². The molecule has 0 spiro atoms. The Labute approximate surface area is 112 Å². The van der Waals surface area contributed by atoms with Crippen LogP contribution in [0.1, 0.15) is 29.3 Å². The van der Waals surface area contributed by atoms with Gasteiger partial charge in [-0.2, -0.15) is 0 Å². The summed E-state index contributed by atoms with van der Waals surface area (Å²) in [6.45, 7) is 3.91. The highest BCUT2D eigenvalue weighted by atomic mass is 19.1. The predicted molar refractivity (Wildman–Crippen MR) is 70.0 cm³/mol. The number of likely N-dealkylation sites (tertiary alicyclic amines) is 1. The van der Waals surface area contributed by atoms with Gasteiger partial charge in [-0.15, -0.1) is 0 Å². The number of amides is 1.